The molecule has 188 valence electrons. The molecule has 7 fully saturated rings. The lowest BCUT2D eigenvalue weighted by Gasteiger charge is -2.55. The summed E-state index contributed by atoms with van der Waals surface area (Å²) >= 11 is 6.44. The van der Waals surface area contributed by atoms with Gasteiger partial charge in [-0.15, -0.1) is 0 Å². The Kier molecular flexibility index (Phi) is 5.62. The van der Waals surface area contributed by atoms with Gasteiger partial charge in [0.2, 0.25) is 0 Å². The van der Waals surface area contributed by atoms with Gasteiger partial charge in [0.05, 0.1) is 16.6 Å². The largest absolute Gasteiger partial charge is 0.293 e. The van der Waals surface area contributed by atoms with Gasteiger partial charge in [0, 0.05) is 11.1 Å². The molecule has 35 heavy (non-hydrogen) atoms. The highest BCUT2D eigenvalue weighted by molar-refractivity contribution is 7.80. The first-order valence-corrected chi connectivity index (χ1v) is 14.9. The number of anilines is 1. The van der Waals surface area contributed by atoms with E-state index in [1.807, 2.05) is 12.1 Å². The van der Waals surface area contributed by atoms with Crippen LogP contribution in [0.2, 0.25) is 0 Å². The van der Waals surface area contributed by atoms with E-state index in [2.05, 4.69) is 9.80 Å². The van der Waals surface area contributed by atoms with Crippen LogP contribution in [0.25, 0.3) is 0 Å². The van der Waals surface area contributed by atoms with Crippen LogP contribution >= 0.6 is 12.2 Å². The Labute approximate surface area is 215 Å². The second-order valence-corrected chi connectivity index (χ2v) is 13.3. The maximum Gasteiger partial charge on any atom is 0.127 e. The summed E-state index contributed by atoms with van der Waals surface area (Å²) in [5, 5.41) is 0. The Balaban J connectivity index is 1.38. The van der Waals surface area contributed by atoms with Crippen LogP contribution in [0.4, 0.5) is 10.1 Å². The summed E-state index contributed by atoms with van der Waals surface area (Å²) in [7, 11) is 0. The Morgan fingerprint density at radius 2 is 1.37 bits per heavy atom. The van der Waals surface area contributed by atoms with Crippen molar-refractivity contribution >= 4 is 28.7 Å². The average molecular weight is 494 g/mol. The lowest BCUT2D eigenvalue weighted by Crippen LogP contribution is -2.54. The average Bonchev–Trinajstić information content (AvgIpc) is 3.06. The van der Waals surface area contributed by atoms with Gasteiger partial charge in [0.25, 0.3) is 0 Å². The molecule has 0 radical (unpaired) electrons. The van der Waals surface area contributed by atoms with E-state index in [0.29, 0.717) is 0 Å². The normalized spacial score (nSPS) is 39.7. The number of piperidine rings is 1. The Bertz CT molecular complexity index is 970. The predicted octanol–water partition coefficient (Wildman–Crippen LogP) is 7.15. The fourth-order valence-electron chi connectivity index (χ4n) is 9.57. The third-order valence-electron chi connectivity index (χ3n) is 10.6. The van der Waals surface area contributed by atoms with Gasteiger partial charge in [-0.3, -0.25) is 14.8 Å². The fourth-order valence-corrected chi connectivity index (χ4v) is 10.1. The number of likely N-dealkylation sites (tertiary alicyclic amines) is 1. The van der Waals surface area contributed by atoms with Crippen LogP contribution in [0, 0.1) is 29.0 Å². The number of thiocarbonyl (C=S) groups is 1. The van der Waals surface area contributed by atoms with E-state index >= 15 is 0 Å². The molecule has 1 aromatic carbocycles. The molecule has 0 amide bonds. The van der Waals surface area contributed by atoms with Crippen molar-refractivity contribution in [3.63, 3.8) is 0 Å². The number of benzene rings is 1. The first kappa shape index (κ1) is 22.8. The van der Waals surface area contributed by atoms with E-state index < -0.39 is 0 Å². The lowest BCUT2D eigenvalue weighted by molar-refractivity contribution is 0.000981. The third kappa shape index (κ3) is 3.74. The molecule has 2 saturated heterocycles. The highest BCUT2D eigenvalue weighted by Crippen LogP contribution is 2.58. The predicted molar refractivity (Wildman–Crippen MR) is 145 cm³/mol. The monoisotopic (exact) mass is 493 g/mol. The summed E-state index contributed by atoms with van der Waals surface area (Å²) in [5.74, 6) is 3.66. The highest BCUT2D eigenvalue weighted by atomic mass is 32.1. The number of aliphatic imine (C=N–C) groups is 1. The molecule has 4 bridgehead atoms. The fraction of sp³-hybridized carbons (Fsp3) is 0.733. The molecule has 7 aliphatic rings. The molecule has 8 rings (SSSR count). The molecule has 1 atom stereocenters. The minimum atomic E-state index is -0.182. The summed E-state index contributed by atoms with van der Waals surface area (Å²) in [6.45, 7) is 2.32. The zero-order valence-electron chi connectivity index (χ0n) is 21.1. The van der Waals surface area contributed by atoms with Crippen molar-refractivity contribution in [3.05, 3.63) is 30.1 Å². The van der Waals surface area contributed by atoms with Crippen LogP contribution in [-0.2, 0) is 0 Å². The standard InChI is InChI=1S/C30H40FN3S/c31-24-7-9-25(10-8-24)34-27(32-29-18-21-15-22(19-29)17-23(16-21)20-29)26(33-13-5-2-6-14-33)30(28(34)35)11-3-1-4-12-30/h7-10,21-23,26H,1-6,11-20H2/t21?,22?,23?,26-,29?/m1/s1. The number of hydrogen-bond acceptors (Lipinski definition) is 3. The second kappa shape index (κ2) is 8.62. The third-order valence-corrected chi connectivity index (χ3v) is 11.2. The summed E-state index contributed by atoms with van der Waals surface area (Å²) < 4.78 is 14.0. The van der Waals surface area contributed by atoms with E-state index in [1.165, 1.54) is 95.7 Å². The quantitative estimate of drug-likeness (QED) is 0.417. The number of halogens is 1. The number of amidine groups is 1. The molecular weight excluding hydrogens is 453 g/mol. The summed E-state index contributed by atoms with van der Waals surface area (Å²) in [6, 6.07) is 7.36. The van der Waals surface area contributed by atoms with E-state index in [9.17, 15) is 4.39 Å². The molecule has 3 nitrogen and oxygen atoms in total. The molecule has 5 saturated carbocycles. The second-order valence-electron chi connectivity index (χ2n) is 12.9. The van der Waals surface area contributed by atoms with Crippen molar-refractivity contribution in [2.24, 2.45) is 28.2 Å². The molecule has 5 heteroatoms. The van der Waals surface area contributed by atoms with E-state index in [0.717, 1.165) is 41.5 Å². The summed E-state index contributed by atoms with van der Waals surface area (Å²) in [6.07, 6.45) is 18.2. The van der Waals surface area contributed by atoms with Crippen LogP contribution in [0.15, 0.2) is 29.3 Å². The van der Waals surface area contributed by atoms with E-state index in [4.69, 9.17) is 17.2 Å². The SMILES string of the molecule is Fc1ccc(N2C(=S)C3(CCCCC3)[C@H](N3CCCCC3)C2=NC23CC4CC(CC(C4)C2)C3)cc1. The topological polar surface area (TPSA) is 18.8 Å². The van der Waals surface area contributed by atoms with Crippen LogP contribution in [0.3, 0.4) is 0 Å². The number of hydrogen-bond donors (Lipinski definition) is 0. The molecule has 5 aliphatic carbocycles. The molecular formula is C30H40FN3S. The minimum Gasteiger partial charge on any atom is -0.293 e. The van der Waals surface area contributed by atoms with Gasteiger partial charge in [0.15, 0.2) is 0 Å². The van der Waals surface area contributed by atoms with Gasteiger partial charge in [-0.2, -0.15) is 0 Å². The van der Waals surface area contributed by atoms with E-state index in [-0.39, 0.29) is 22.8 Å². The minimum absolute atomic E-state index is 0.000434. The highest BCUT2D eigenvalue weighted by Gasteiger charge is 2.59. The lowest BCUT2D eigenvalue weighted by atomic mass is 9.53. The van der Waals surface area contributed by atoms with Gasteiger partial charge in [-0.1, -0.05) is 37.9 Å². The molecule has 2 aliphatic heterocycles. The molecule has 1 spiro atoms. The Morgan fingerprint density at radius 3 is 1.97 bits per heavy atom. The van der Waals surface area contributed by atoms with E-state index in [1.54, 1.807) is 12.1 Å². The van der Waals surface area contributed by atoms with Crippen LogP contribution in [0.1, 0.15) is 89.9 Å². The van der Waals surface area contributed by atoms with Crippen LogP contribution in [-0.4, -0.2) is 40.4 Å². The van der Waals surface area contributed by atoms with Gasteiger partial charge >= 0.3 is 0 Å². The van der Waals surface area contributed by atoms with Crippen molar-refractivity contribution in [2.75, 3.05) is 18.0 Å². The Morgan fingerprint density at radius 1 is 0.800 bits per heavy atom. The molecule has 1 aromatic rings. The zero-order valence-corrected chi connectivity index (χ0v) is 21.9. The van der Waals surface area contributed by atoms with Gasteiger partial charge in [-0.25, -0.2) is 4.39 Å². The summed E-state index contributed by atoms with van der Waals surface area (Å²) in [4.78, 5) is 12.1. The zero-order chi connectivity index (χ0) is 23.6. The smallest absolute Gasteiger partial charge is 0.127 e. The van der Waals surface area contributed by atoms with Gasteiger partial charge < -0.3 is 0 Å². The number of nitrogens with zero attached hydrogens (tertiary/aromatic N) is 3. The first-order chi connectivity index (χ1) is 17.1. The van der Waals surface area contributed by atoms with Crippen LogP contribution in [0.5, 0.6) is 0 Å². The molecule has 0 unspecified atom stereocenters. The summed E-state index contributed by atoms with van der Waals surface area (Å²) in [5.41, 5.74) is 1.12. The van der Waals surface area contributed by atoms with Crippen molar-refractivity contribution < 1.29 is 4.39 Å². The van der Waals surface area contributed by atoms with Crippen molar-refractivity contribution in [2.45, 2.75) is 101 Å². The van der Waals surface area contributed by atoms with Gasteiger partial charge in [-0.05, 0) is 119 Å². The Hall–Kier alpha value is -1.33. The maximum atomic E-state index is 14.0. The van der Waals surface area contributed by atoms with Crippen LogP contribution < -0.4 is 4.90 Å². The van der Waals surface area contributed by atoms with Gasteiger partial charge in [0.1, 0.15) is 11.7 Å². The van der Waals surface area contributed by atoms with Crippen molar-refractivity contribution in [3.8, 4) is 0 Å². The number of rotatable bonds is 3. The van der Waals surface area contributed by atoms with Crippen molar-refractivity contribution in [1.29, 1.82) is 0 Å². The molecule has 0 N–H and O–H groups in total. The first-order valence-electron chi connectivity index (χ1n) is 14.5. The molecule has 0 aromatic heterocycles. The van der Waals surface area contributed by atoms with Crippen molar-refractivity contribution in [1.82, 2.24) is 4.90 Å². The maximum absolute atomic E-state index is 14.0. The molecule has 2 heterocycles.